The molecule has 0 unspecified atom stereocenters. The molecule has 1 amide bonds. The number of pyridine rings is 1. The van der Waals surface area contributed by atoms with E-state index in [2.05, 4.69) is 0 Å². The van der Waals surface area contributed by atoms with Gasteiger partial charge in [-0.25, -0.2) is 13.3 Å². The summed E-state index contributed by atoms with van der Waals surface area (Å²) in [4.78, 5) is 27.1. The number of anilines is 1. The van der Waals surface area contributed by atoms with Crippen molar-refractivity contribution in [2.45, 2.75) is 38.0 Å². The van der Waals surface area contributed by atoms with E-state index in [-0.39, 0.29) is 55.1 Å². The number of carbonyl (C=O) groups excluding carboxylic acids is 2. The highest BCUT2D eigenvalue weighted by Crippen LogP contribution is 2.48. The molecule has 3 atom stereocenters. The largest absolute Gasteiger partial charge is 1.00 e. The number of aliphatic hydroxyl groups is 1. The summed E-state index contributed by atoms with van der Waals surface area (Å²) in [5, 5.41) is 21.7. The molecule has 0 radical (unpaired) electrons. The molecular formula is C33H31F2IN2O5. The maximum absolute atomic E-state index is 13.6. The van der Waals surface area contributed by atoms with Crippen molar-refractivity contribution in [2.24, 2.45) is 13.0 Å². The fourth-order valence-electron chi connectivity index (χ4n) is 5.22. The molecule has 1 fully saturated rings. The number of hydrogen-bond donors (Lipinski definition) is 2. The van der Waals surface area contributed by atoms with Crippen LogP contribution in [0.5, 0.6) is 5.75 Å². The number of amides is 1. The molecule has 3 aromatic carbocycles. The Morgan fingerprint density at radius 1 is 0.953 bits per heavy atom. The second-order valence-corrected chi connectivity index (χ2v) is 10.5. The molecule has 1 aromatic heterocycles. The third-order valence-electron chi connectivity index (χ3n) is 7.53. The number of phenolic OH excluding ortho intramolecular Hbond substituents is 1. The van der Waals surface area contributed by atoms with Crippen LogP contribution in [0.4, 0.5) is 14.5 Å². The van der Waals surface area contributed by atoms with Crippen LogP contribution in [0.15, 0.2) is 91.3 Å². The Balaban J connectivity index is 0.00000423. The third-order valence-corrected chi connectivity index (χ3v) is 7.53. The smallest absolute Gasteiger partial charge is 0.310 e. The molecule has 2 N–H and O–H groups in total. The fraction of sp³-hybridized carbons (Fsp3) is 0.242. The van der Waals surface area contributed by atoms with Gasteiger partial charge in [0.1, 0.15) is 31.0 Å². The van der Waals surface area contributed by atoms with E-state index in [1.54, 1.807) is 12.1 Å². The van der Waals surface area contributed by atoms with Crippen LogP contribution >= 0.6 is 0 Å². The van der Waals surface area contributed by atoms with Crippen LogP contribution in [-0.4, -0.2) is 22.1 Å². The summed E-state index contributed by atoms with van der Waals surface area (Å²) in [6, 6.07) is 19.1. The molecule has 5 rings (SSSR count). The van der Waals surface area contributed by atoms with E-state index < -0.39 is 35.7 Å². The van der Waals surface area contributed by atoms with E-state index in [4.69, 9.17) is 4.74 Å². The second-order valence-electron chi connectivity index (χ2n) is 10.5. The van der Waals surface area contributed by atoms with Crippen LogP contribution in [0.1, 0.15) is 47.2 Å². The van der Waals surface area contributed by atoms with Gasteiger partial charge in [0.15, 0.2) is 12.4 Å². The highest BCUT2D eigenvalue weighted by atomic mass is 127. The van der Waals surface area contributed by atoms with Crippen molar-refractivity contribution >= 4 is 17.6 Å². The first-order chi connectivity index (χ1) is 20.2. The van der Waals surface area contributed by atoms with Crippen LogP contribution in [0.2, 0.25) is 0 Å². The molecule has 1 aliphatic rings. The van der Waals surface area contributed by atoms with Gasteiger partial charge < -0.3 is 43.8 Å². The number of benzene rings is 3. The minimum absolute atomic E-state index is 0. The van der Waals surface area contributed by atoms with Gasteiger partial charge in [-0.05, 0) is 72.0 Å². The van der Waals surface area contributed by atoms with Crippen molar-refractivity contribution in [3.05, 3.63) is 125 Å². The Morgan fingerprint density at radius 2 is 1.58 bits per heavy atom. The minimum atomic E-state index is -0.900. The van der Waals surface area contributed by atoms with Crippen molar-refractivity contribution in [3.63, 3.8) is 0 Å². The van der Waals surface area contributed by atoms with Crippen LogP contribution in [0, 0.1) is 17.6 Å². The van der Waals surface area contributed by atoms with Crippen LogP contribution in [0.25, 0.3) is 0 Å². The van der Waals surface area contributed by atoms with Crippen LogP contribution in [0.3, 0.4) is 0 Å². The number of ether oxygens (including phenoxy) is 1. The van der Waals surface area contributed by atoms with Crippen molar-refractivity contribution in [1.82, 2.24) is 0 Å². The molecule has 1 aliphatic heterocycles. The predicted molar refractivity (Wildman–Crippen MR) is 150 cm³/mol. The Labute approximate surface area is 265 Å². The topological polar surface area (TPSA) is 90.9 Å². The van der Waals surface area contributed by atoms with Gasteiger partial charge in [-0.15, -0.1) is 0 Å². The molecule has 0 spiro atoms. The Kier molecular flexibility index (Phi) is 10.5. The zero-order chi connectivity index (χ0) is 29.8. The lowest BCUT2D eigenvalue weighted by atomic mass is 9.77. The number of hydrogen-bond acceptors (Lipinski definition) is 5. The van der Waals surface area contributed by atoms with E-state index in [0.29, 0.717) is 28.8 Å². The van der Waals surface area contributed by atoms with E-state index in [1.807, 2.05) is 36.1 Å². The van der Waals surface area contributed by atoms with Crippen LogP contribution < -0.4 is 33.4 Å². The monoisotopic (exact) mass is 700 g/mol. The lowest BCUT2D eigenvalue weighted by Crippen LogP contribution is -3.00. The zero-order valence-corrected chi connectivity index (χ0v) is 25.5. The standard InChI is InChI=1S/C33H30F2N2O5.HI/c1-36-16-14-21(15-17-36)19-31(40)42-20-22-2-11-27(30(39)18-22)32-28(12-13-29(38)23-3-5-24(34)6-4-23)33(41)37(32)26-9-7-25(35)8-10-26;/h2-11,14-18,28-29,32,38H,12-13,19-20H2,1H3;1H/t28-,29+,32-;/m1./s1. The Morgan fingerprint density at radius 3 is 2.21 bits per heavy atom. The number of rotatable bonds is 10. The maximum atomic E-state index is 13.6. The van der Waals surface area contributed by atoms with Gasteiger partial charge in [-0.3, -0.25) is 9.59 Å². The maximum Gasteiger partial charge on any atom is 0.310 e. The van der Waals surface area contributed by atoms with Crippen molar-refractivity contribution in [1.29, 1.82) is 0 Å². The number of nitrogens with zero attached hydrogens (tertiary/aromatic N) is 2. The number of aliphatic hydroxyl groups excluding tert-OH is 1. The molecule has 224 valence electrons. The fourth-order valence-corrected chi connectivity index (χ4v) is 5.22. The van der Waals surface area contributed by atoms with Crippen LogP contribution in [-0.2, 0) is 34.4 Å². The average Bonchev–Trinajstić information content (AvgIpc) is 2.97. The van der Waals surface area contributed by atoms with Gasteiger partial charge in [-0.1, -0.05) is 24.3 Å². The second kappa shape index (κ2) is 14.0. The lowest BCUT2D eigenvalue weighted by molar-refractivity contribution is -0.671. The number of aromatic hydroxyl groups is 1. The first-order valence-electron chi connectivity index (χ1n) is 13.6. The Bertz CT molecular complexity index is 1570. The number of carbonyl (C=O) groups is 2. The predicted octanol–water partition coefficient (Wildman–Crippen LogP) is 2.00. The van der Waals surface area contributed by atoms with Gasteiger partial charge in [0.25, 0.3) is 0 Å². The Hall–Kier alpha value is -3.90. The van der Waals surface area contributed by atoms with Gasteiger partial charge in [0, 0.05) is 23.4 Å². The third kappa shape index (κ3) is 7.55. The SMILES string of the molecule is C[n+]1ccc(CC(=O)OCc2ccc([C@@H]3[C@@H](CC[C@H](O)c4ccc(F)cc4)C(=O)N3c3ccc(F)cc3)c(O)c2)cc1.[I-]. The number of aryl methyl sites for hydroxylation is 1. The first-order valence-corrected chi connectivity index (χ1v) is 13.6. The molecule has 4 aromatic rings. The van der Waals surface area contributed by atoms with Gasteiger partial charge >= 0.3 is 5.97 Å². The van der Waals surface area contributed by atoms with E-state index in [1.165, 1.54) is 59.5 Å². The quantitative estimate of drug-likeness (QED) is 0.115. The molecule has 2 heterocycles. The molecular weight excluding hydrogens is 669 g/mol. The number of phenols is 1. The average molecular weight is 701 g/mol. The molecule has 0 saturated carbocycles. The first kappa shape index (κ1) is 32.0. The summed E-state index contributed by atoms with van der Waals surface area (Å²) in [6.07, 6.45) is 3.45. The van der Waals surface area contributed by atoms with Crippen molar-refractivity contribution in [3.8, 4) is 5.75 Å². The molecule has 0 bridgehead atoms. The summed E-state index contributed by atoms with van der Waals surface area (Å²) in [6.45, 7) is -0.0359. The molecule has 10 heteroatoms. The van der Waals surface area contributed by atoms with E-state index in [0.717, 1.165) is 5.56 Å². The molecule has 7 nitrogen and oxygen atoms in total. The number of halogens is 3. The van der Waals surface area contributed by atoms with E-state index >= 15 is 0 Å². The van der Waals surface area contributed by atoms with Gasteiger partial charge in [0.05, 0.1) is 24.5 Å². The summed E-state index contributed by atoms with van der Waals surface area (Å²) < 4.78 is 34.2. The summed E-state index contributed by atoms with van der Waals surface area (Å²) in [5.41, 5.74) is 2.90. The highest BCUT2D eigenvalue weighted by molar-refractivity contribution is 6.03. The van der Waals surface area contributed by atoms with Gasteiger partial charge in [0.2, 0.25) is 5.91 Å². The molecule has 1 saturated heterocycles. The van der Waals surface area contributed by atoms with Crippen molar-refractivity contribution < 1.29 is 61.9 Å². The van der Waals surface area contributed by atoms with Gasteiger partial charge in [-0.2, -0.15) is 0 Å². The normalized spacial score (nSPS) is 16.7. The highest BCUT2D eigenvalue weighted by Gasteiger charge is 2.49. The summed E-state index contributed by atoms with van der Waals surface area (Å²) in [5.74, 6) is -2.11. The number of β-lactam (4-membered cyclic amide) rings is 1. The van der Waals surface area contributed by atoms with E-state index in [9.17, 15) is 28.6 Å². The lowest BCUT2D eigenvalue weighted by Gasteiger charge is -2.48. The van der Waals surface area contributed by atoms with Crippen molar-refractivity contribution in [2.75, 3.05) is 4.90 Å². The number of esters is 1. The molecule has 43 heavy (non-hydrogen) atoms. The number of aromatic nitrogens is 1. The summed E-state index contributed by atoms with van der Waals surface area (Å²) in [7, 11) is 1.89. The minimum Gasteiger partial charge on any atom is -1.00 e. The molecule has 0 aliphatic carbocycles. The summed E-state index contributed by atoms with van der Waals surface area (Å²) >= 11 is 0. The zero-order valence-electron chi connectivity index (χ0n) is 23.4.